The van der Waals surface area contributed by atoms with Crippen LogP contribution in [0, 0.1) is 0 Å². The maximum Gasteiger partial charge on any atom is 0.338 e. The van der Waals surface area contributed by atoms with Gasteiger partial charge in [-0.2, -0.15) is 0 Å². The molecule has 6 heteroatoms. The summed E-state index contributed by atoms with van der Waals surface area (Å²) in [6.45, 7) is 3.63. The molecule has 0 aromatic carbocycles. The summed E-state index contributed by atoms with van der Waals surface area (Å²) in [6, 6.07) is -0.566. The molecule has 0 radical (unpaired) electrons. The van der Waals surface area contributed by atoms with Crippen molar-refractivity contribution in [3.05, 3.63) is 11.6 Å². The second kappa shape index (κ2) is 6.90. The molecule has 14 heavy (non-hydrogen) atoms. The van der Waals surface area contributed by atoms with Crippen LogP contribution in [0.2, 0.25) is 0 Å². The lowest BCUT2D eigenvalue weighted by Crippen LogP contribution is -2.36. The zero-order valence-electron chi connectivity index (χ0n) is 8.16. The molecule has 0 unspecified atom stereocenters. The molecule has 2 amide bonds. The molecule has 80 valence electrons. The van der Waals surface area contributed by atoms with Crippen molar-refractivity contribution in [2.24, 2.45) is 0 Å². The number of nitrogens with one attached hydrogen (secondary N) is 2. The van der Waals surface area contributed by atoms with Crippen molar-refractivity contribution < 1.29 is 19.5 Å². The Morgan fingerprint density at radius 2 is 2.07 bits per heavy atom. The number of hydrogen-bond donors (Lipinski definition) is 3. The van der Waals surface area contributed by atoms with E-state index >= 15 is 0 Å². The quantitative estimate of drug-likeness (QED) is 0.441. The summed E-state index contributed by atoms with van der Waals surface area (Å²) in [6.07, 6.45) is 1.82. The number of hydroxylamine groups is 1. The average molecular weight is 202 g/mol. The Labute approximate surface area is 81.9 Å². The van der Waals surface area contributed by atoms with Crippen LogP contribution in [0.15, 0.2) is 11.6 Å². The first kappa shape index (κ1) is 12.4. The molecule has 0 heterocycles. The predicted octanol–water partition coefficient (Wildman–Crippen LogP) is 0.268. The van der Waals surface area contributed by atoms with Crippen LogP contribution in [-0.4, -0.2) is 30.3 Å². The largest absolute Gasteiger partial charge is 0.479 e. The lowest BCUT2D eigenvalue weighted by Gasteiger charge is -2.04. The van der Waals surface area contributed by atoms with Crippen LogP contribution in [0.1, 0.15) is 13.8 Å². The second-order valence-corrected chi connectivity index (χ2v) is 2.78. The van der Waals surface area contributed by atoms with Crippen molar-refractivity contribution >= 4 is 12.0 Å². The van der Waals surface area contributed by atoms with E-state index in [1.165, 1.54) is 0 Å². The minimum atomic E-state index is -1.14. The number of carbonyl (C=O) groups excluding carboxylic acids is 1. The third kappa shape index (κ3) is 8.54. The van der Waals surface area contributed by atoms with E-state index in [1.54, 1.807) is 0 Å². The Hall–Kier alpha value is -1.56. The number of aliphatic carboxylic acids is 1. The highest BCUT2D eigenvalue weighted by Crippen LogP contribution is 1.84. The Kier molecular flexibility index (Phi) is 6.13. The number of urea groups is 1. The molecule has 0 bridgehead atoms. The number of carbonyl (C=O) groups is 2. The van der Waals surface area contributed by atoms with Gasteiger partial charge >= 0.3 is 12.0 Å². The van der Waals surface area contributed by atoms with Crippen LogP contribution in [0.4, 0.5) is 4.79 Å². The number of rotatable bonds is 5. The summed E-state index contributed by atoms with van der Waals surface area (Å²) >= 11 is 0. The minimum absolute atomic E-state index is 0.380. The fourth-order valence-corrected chi connectivity index (χ4v) is 0.547. The lowest BCUT2D eigenvalue weighted by molar-refractivity contribution is -0.144. The van der Waals surface area contributed by atoms with E-state index in [1.807, 2.05) is 25.4 Å². The van der Waals surface area contributed by atoms with Crippen molar-refractivity contribution in [1.29, 1.82) is 0 Å². The molecule has 0 rings (SSSR count). The fraction of sp³-hybridized carbons (Fsp3) is 0.500. The fourth-order valence-electron chi connectivity index (χ4n) is 0.547. The van der Waals surface area contributed by atoms with Gasteiger partial charge in [-0.15, -0.1) is 0 Å². The topological polar surface area (TPSA) is 87.7 Å². The highest BCUT2D eigenvalue weighted by atomic mass is 16.7. The molecule has 0 aromatic rings. The van der Waals surface area contributed by atoms with E-state index in [0.717, 1.165) is 5.57 Å². The smallest absolute Gasteiger partial charge is 0.338 e. The summed E-state index contributed by atoms with van der Waals surface area (Å²) in [5, 5.41) is 10.6. The van der Waals surface area contributed by atoms with Gasteiger partial charge in [0.25, 0.3) is 0 Å². The zero-order valence-corrected chi connectivity index (χ0v) is 8.16. The summed E-state index contributed by atoms with van der Waals surface area (Å²) in [5.74, 6) is -1.14. The Morgan fingerprint density at radius 1 is 1.43 bits per heavy atom. The van der Waals surface area contributed by atoms with Gasteiger partial charge < -0.3 is 10.4 Å². The maximum absolute atomic E-state index is 10.8. The minimum Gasteiger partial charge on any atom is -0.479 e. The van der Waals surface area contributed by atoms with Crippen molar-refractivity contribution in [2.75, 3.05) is 13.2 Å². The van der Waals surface area contributed by atoms with Crippen LogP contribution < -0.4 is 10.8 Å². The van der Waals surface area contributed by atoms with E-state index in [4.69, 9.17) is 5.11 Å². The summed E-state index contributed by atoms with van der Waals surface area (Å²) in [5.41, 5.74) is 3.01. The lowest BCUT2D eigenvalue weighted by atomic mass is 10.3. The monoisotopic (exact) mass is 202 g/mol. The number of allylic oxidation sites excluding steroid dienone is 1. The van der Waals surface area contributed by atoms with Gasteiger partial charge in [-0.05, 0) is 13.8 Å². The first-order valence-corrected chi connectivity index (χ1v) is 4.03. The molecule has 0 saturated carbocycles. The molecule has 0 saturated heterocycles. The Bertz CT molecular complexity index is 233. The zero-order chi connectivity index (χ0) is 11.0. The third-order valence-electron chi connectivity index (χ3n) is 1.13. The van der Waals surface area contributed by atoms with Gasteiger partial charge in [0.15, 0.2) is 6.61 Å². The van der Waals surface area contributed by atoms with E-state index in [-0.39, 0.29) is 0 Å². The molecule has 0 aliphatic heterocycles. The first-order chi connectivity index (χ1) is 6.52. The molecule has 0 aromatic heterocycles. The number of hydrogen-bond acceptors (Lipinski definition) is 3. The summed E-state index contributed by atoms with van der Waals surface area (Å²) in [4.78, 5) is 25.1. The molecular formula is C8H14N2O4. The van der Waals surface area contributed by atoms with Crippen LogP contribution in [0.5, 0.6) is 0 Å². The number of carboxylic acid groups (broad SMARTS) is 1. The van der Waals surface area contributed by atoms with Gasteiger partial charge in [0.05, 0.1) is 0 Å². The number of carboxylic acids is 1. The molecule has 0 atom stereocenters. The molecule has 0 aliphatic carbocycles. The van der Waals surface area contributed by atoms with Gasteiger partial charge in [-0.1, -0.05) is 11.6 Å². The van der Waals surface area contributed by atoms with Gasteiger partial charge in [0, 0.05) is 6.54 Å². The molecule has 0 fully saturated rings. The highest BCUT2D eigenvalue weighted by Gasteiger charge is 2.00. The van der Waals surface area contributed by atoms with Crippen molar-refractivity contribution in [3.63, 3.8) is 0 Å². The van der Waals surface area contributed by atoms with Crippen LogP contribution in [0.25, 0.3) is 0 Å². The SMILES string of the molecule is CC(C)=CCNC(=O)NOCC(=O)O. The Morgan fingerprint density at radius 3 is 2.57 bits per heavy atom. The third-order valence-corrected chi connectivity index (χ3v) is 1.13. The van der Waals surface area contributed by atoms with Crippen molar-refractivity contribution in [1.82, 2.24) is 10.8 Å². The summed E-state index contributed by atoms with van der Waals surface area (Å²) in [7, 11) is 0. The molecular weight excluding hydrogens is 188 g/mol. The predicted molar refractivity (Wildman–Crippen MR) is 49.6 cm³/mol. The van der Waals surface area contributed by atoms with E-state index in [9.17, 15) is 9.59 Å². The van der Waals surface area contributed by atoms with Crippen molar-refractivity contribution in [2.45, 2.75) is 13.8 Å². The van der Waals surface area contributed by atoms with Crippen LogP contribution in [0.3, 0.4) is 0 Å². The van der Waals surface area contributed by atoms with E-state index < -0.39 is 18.6 Å². The molecule has 3 N–H and O–H groups in total. The molecule has 0 spiro atoms. The molecule has 0 aliphatic rings. The van der Waals surface area contributed by atoms with Crippen molar-refractivity contribution in [3.8, 4) is 0 Å². The maximum atomic E-state index is 10.8. The Balaban J connectivity index is 3.47. The van der Waals surface area contributed by atoms with Crippen LogP contribution in [-0.2, 0) is 9.63 Å². The van der Waals surface area contributed by atoms with Gasteiger partial charge in [-0.3, -0.25) is 4.84 Å². The first-order valence-electron chi connectivity index (χ1n) is 4.03. The van der Waals surface area contributed by atoms with E-state index in [2.05, 4.69) is 10.2 Å². The summed E-state index contributed by atoms with van der Waals surface area (Å²) < 4.78 is 0. The van der Waals surface area contributed by atoms with Gasteiger partial charge in [0.2, 0.25) is 0 Å². The highest BCUT2D eigenvalue weighted by molar-refractivity contribution is 5.73. The number of amides is 2. The van der Waals surface area contributed by atoms with Crippen LogP contribution >= 0.6 is 0 Å². The van der Waals surface area contributed by atoms with Gasteiger partial charge in [0.1, 0.15) is 0 Å². The normalized spacial score (nSPS) is 9.00. The second-order valence-electron chi connectivity index (χ2n) is 2.78. The molecule has 6 nitrogen and oxygen atoms in total. The average Bonchev–Trinajstić information content (AvgIpc) is 2.02. The van der Waals surface area contributed by atoms with E-state index in [0.29, 0.717) is 6.54 Å². The standard InChI is InChI=1S/C8H14N2O4/c1-6(2)3-4-9-8(13)10-14-5-7(11)12/h3H,4-5H2,1-2H3,(H,11,12)(H2,9,10,13). The van der Waals surface area contributed by atoms with Gasteiger partial charge in [-0.25, -0.2) is 15.1 Å².